The van der Waals surface area contributed by atoms with Crippen molar-refractivity contribution < 1.29 is 4.79 Å². The van der Waals surface area contributed by atoms with E-state index in [0.29, 0.717) is 19.0 Å². The number of carbonyl (C=O) groups excluding carboxylic acids is 1. The fraction of sp³-hybridized carbons (Fsp3) is 0.500. The molecule has 6 heteroatoms. The topological polar surface area (TPSA) is 59.0 Å². The van der Waals surface area contributed by atoms with E-state index in [4.69, 9.17) is 0 Å². The highest BCUT2D eigenvalue weighted by atomic mass is 32.1. The van der Waals surface area contributed by atoms with Crippen LogP contribution in [0.25, 0.3) is 0 Å². The average molecular weight is 318 g/mol. The summed E-state index contributed by atoms with van der Waals surface area (Å²) in [6.07, 6.45) is 7.14. The standard InChI is InChI=1S/C16H22N4OS/c1-2-13-5-6-14(22-13)11-19-16(21)18-10-12-4-3-8-20-9-7-17-15(12)20/h5-7,9,12H,2-4,8,10-11H2,1H3,(H2,18,19,21). The number of fused-ring (bicyclic) bond motifs is 1. The van der Waals surface area contributed by atoms with Gasteiger partial charge in [0.15, 0.2) is 0 Å². The molecule has 3 rings (SSSR count). The summed E-state index contributed by atoms with van der Waals surface area (Å²) in [6.45, 7) is 4.42. The minimum Gasteiger partial charge on any atom is -0.337 e. The monoisotopic (exact) mass is 318 g/mol. The summed E-state index contributed by atoms with van der Waals surface area (Å²) in [7, 11) is 0. The summed E-state index contributed by atoms with van der Waals surface area (Å²) >= 11 is 1.76. The van der Waals surface area contributed by atoms with Gasteiger partial charge >= 0.3 is 6.03 Å². The Hall–Kier alpha value is -1.82. The van der Waals surface area contributed by atoms with E-state index in [0.717, 1.165) is 31.6 Å². The zero-order chi connectivity index (χ0) is 15.4. The number of hydrogen-bond donors (Lipinski definition) is 2. The van der Waals surface area contributed by atoms with Crippen LogP contribution in [0, 0.1) is 0 Å². The minimum atomic E-state index is -0.102. The van der Waals surface area contributed by atoms with E-state index in [-0.39, 0.29) is 6.03 Å². The molecule has 0 spiro atoms. The van der Waals surface area contributed by atoms with Crippen molar-refractivity contribution in [2.75, 3.05) is 6.54 Å². The summed E-state index contributed by atoms with van der Waals surface area (Å²) in [5.74, 6) is 1.42. The Morgan fingerprint density at radius 2 is 2.27 bits per heavy atom. The number of amides is 2. The van der Waals surface area contributed by atoms with Gasteiger partial charge in [-0.2, -0.15) is 0 Å². The van der Waals surface area contributed by atoms with Gasteiger partial charge in [-0.3, -0.25) is 0 Å². The lowest BCUT2D eigenvalue weighted by molar-refractivity contribution is 0.239. The van der Waals surface area contributed by atoms with Crippen LogP contribution in [-0.2, 0) is 19.5 Å². The molecule has 22 heavy (non-hydrogen) atoms. The number of thiophene rings is 1. The van der Waals surface area contributed by atoms with Crippen molar-refractivity contribution in [3.8, 4) is 0 Å². The molecule has 0 fully saturated rings. The molecule has 0 aliphatic carbocycles. The molecular weight excluding hydrogens is 296 g/mol. The van der Waals surface area contributed by atoms with Gasteiger partial charge in [0.25, 0.3) is 0 Å². The molecule has 1 aliphatic rings. The quantitative estimate of drug-likeness (QED) is 0.890. The van der Waals surface area contributed by atoms with E-state index in [1.807, 2.05) is 12.4 Å². The number of urea groups is 1. The normalized spacial score (nSPS) is 17.0. The highest BCUT2D eigenvalue weighted by Gasteiger charge is 2.21. The second-order valence-electron chi connectivity index (χ2n) is 5.60. The summed E-state index contributed by atoms with van der Waals surface area (Å²) in [6, 6.07) is 4.11. The van der Waals surface area contributed by atoms with Crippen LogP contribution < -0.4 is 10.6 Å². The van der Waals surface area contributed by atoms with Crippen LogP contribution in [0.3, 0.4) is 0 Å². The first kappa shape index (κ1) is 15.1. The number of carbonyl (C=O) groups is 1. The molecule has 2 amide bonds. The van der Waals surface area contributed by atoms with E-state index in [1.165, 1.54) is 9.75 Å². The molecule has 0 saturated heterocycles. The molecule has 0 bridgehead atoms. The lowest BCUT2D eigenvalue weighted by Crippen LogP contribution is -2.38. The molecule has 3 heterocycles. The van der Waals surface area contributed by atoms with Gasteiger partial charge in [-0.25, -0.2) is 9.78 Å². The first-order valence-electron chi connectivity index (χ1n) is 7.86. The number of nitrogens with one attached hydrogen (secondary N) is 2. The maximum Gasteiger partial charge on any atom is 0.315 e. The number of hydrogen-bond acceptors (Lipinski definition) is 3. The van der Waals surface area contributed by atoms with Crippen LogP contribution in [0.15, 0.2) is 24.5 Å². The Balaban J connectivity index is 1.45. The van der Waals surface area contributed by atoms with Crippen LogP contribution in [0.4, 0.5) is 4.79 Å². The Kier molecular flexibility index (Phi) is 4.77. The fourth-order valence-corrected chi connectivity index (χ4v) is 3.75. The Bertz CT molecular complexity index is 634. The van der Waals surface area contributed by atoms with Crippen molar-refractivity contribution in [1.82, 2.24) is 20.2 Å². The van der Waals surface area contributed by atoms with Gasteiger partial charge in [-0.15, -0.1) is 11.3 Å². The first-order valence-corrected chi connectivity index (χ1v) is 8.68. The predicted octanol–water partition coefficient (Wildman–Crippen LogP) is 2.88. The van der Waals surface area contributed by atoms with E-state index in [9.17, 15) is 4.79 Å². The van der Waals surface area contributed by atoms with Gasteiger partial charge in [0.1, 0.15) is 5.82 Å². The molecule has 1 aliphatic heterocycles. The zero-order valence-corrected chi connectivity index (χ0v) is 13.7. The predicted molar refractivity (Wildman–Crippen MR) is 88.1 cm³/mol. The molecule has 1 atom stereocenters. The van der Waals surface area contributed by atoms with Crippen LogP contribution in [0.1, 0.15) is 41.3 Å². The Morgan fingerprint density at radius 1 is 1.41 bits per heavy atom. The molecule has 118 valence electrons. The van der Waals surface area contributed by atoms with Crippen molar-refractivity contribution >= 4 is 17.4 Å². The molecule has 2 aromatic rings. The van der Waals surface area contributed by atoms with E-state index in [2.05, 4.69) is 39.2 Å². The maximum absolute atomic E-state index is 11.9. The molecule has 0 aromatic carbocycles. The summed E-state index contributed by atoms with van der Waals surface area (Å²) in [5, 5.41) is 5.90. The number of aromatic nitrogens is 2. The highest BCUT2D eigenvalue weighted by Crippen LogP contribution is 2.24. The second-order valence-corrected chi connectivity index (χ2v) is 6.86. The largest absolute Gasteiger partial charge is 0.337 e. The molecule has 0 radical (unpaired) electrons. The van der Waals surface area contributed by atoms with Crippen molar-refractivity contribution in [2.24, 2.45) is 0 Å². The van der Waals surface area contributed by atoms with Crippen LogP contribution in [-0.4, -0.2) is 22.1 Å². The van der Waals surface area contributed by atoms with Gasteiger partial charge in [-0.1, -0.05) is 6.92 Å². The third kappa shape index (κ3) is 3.50. The van der Waals surface area contributed by atoms with Crippen LogP contribution in [0.2, 0.25) is 0 Å². The number of imidazole rings is 1. The van der Waals surface area contributed by atoms with E-state index in [1.54, 1.807) is 11.3 Å². The third-order valence-corrected chi connectivity index (χ3v) is 5.29. The van der Waals surface area contributed by atoms with Gasteiger partial charge < -0.3 is 15.2 Å². The van der Waals surface area contributed by atoms with Crippen molar-refractivity contribution in [3.05, 3.63) is 40.1 Å². The van der Waals surface area contributed by atoms with E-state index >= 15 is 0 Å². The SMILES string of the molecule is CCc1ccc(CNC(=O)NCC2CCCn3ccnc32)s1. The summed E-state index contributed by atoms with van der Waals surface area (Å²) in [4.78, 5) is 18.9. The Labute approximate surface area is 134 Å². The summed E-state index contributed by atoms with van der Waals surface area (Å²) < 4.78 is 2.19. The third-order valence-electron chi connectivity index (χ3n) is 4.06. The van der Waals surface area contributed by atoms with Crippen molar-refractivity contribution in [2.45, 2.75) is 45.2 Å². The molecular formula is C16H22N4OS. The smallest absolute Gasteiger partial charge is 0.315 e. The van der Waals surface area contributed by atoms with Crippen molar-refractivity contribution in [3.63, 3.8) is 0 Å². The average Bonchev–Trinajstić information content (AvgIpc) is 3.19. The minimum absolute atomic E-state index is 0.102. The number of rotatable bonds is 5. The van der Waals surface area contributed by atoms with Gasteiger partial charge in [0.2, 0.25) is 0 Å². The van der Waals surface area contributed by atoms with Gasteiger partial charge in [-0.05, 0) is 31.4 Å². The van der Waals surface area contributed by atoms with Crippen molar-refractivity contribution in [1.29, 1.82) is 0 Å². The highest BCUT2D eigenvalue weighted by molar-refractivity contribution is 7.11. The second kappa shape index (κ2) is 6.96. The van der Waals surface area contributed by atoms with Crippen LogP contribution >= 0.6 is 11.3 Å². The fourth-order valence-electron chi connectivity index (χ4n) is 2.85. The lowest BCUT2D eigenvalue weighted by Gasteiger charge is -2.23. The maximum atomic E-state index is 11.9. The van der Waals surface area contributed by atoms with E-state index < -0.39 is 0 Å². The number of aryl methyl sites for hydroxylation is 2. The van der Waals surface area contributed by atoms with Crippen LogP contribution in [0.5, 0.6) is 0 Å². The lowest BCUT2D eigenvalue weighted by atomic mass is 9.99. The molecule has 1 unspecified atom stereocenters. The number of nitrogens with zero attached hydrogens (tertiary/aromatic N) is 2. The molecule has 2 aromatic heterocycles. The molecule has 5 nitrogen and oxygen atoms in total. The van der Waals surface area contributed by atoms with Gasteiger partial charge in [0.05, 0.1) is 6.54 Å². The first-order chi connectivity index (χ1) is 10.8. The molecule has 2 N–H and O–H groups in total. The Morgan fingerprint density at radius 3 is 3.09 bits per heavy atom. The zero-order valence-electron chi connectivity index (χ0n) is 12.8. The van der Waals surface area contributed by atoms with Gasteiger partial charge in [0, 0.05) is 41.2 Å². The summed E-state index contributed by atoms with van der Waals surface area (Å²) in [5.41, 5.74) is 0. The molecule has 0 saturated carbocycles.